The van der Waals surface area contributed by atoms with Crippen LogP contribution in [0.25, 0.3) is 10.9 Å². The highest BCUT2D eigenvalue weighted by Crippen LogP contribution is 2.63. The highest BCUT2D eigenvalue weighted by molar-refractivity contribution is 6.30. The van der Waals surface area contributed by atoms with Crippen LogP contribution in [-0.4, -0.2) is 10.9 Å². The second-order valence-electron chi connectivity index (χ2n) is 8.63. The molecule has 5 rings (SSSR count). The van der Waals surface area contributed by atoms with Crippen molar-refractivity contribution in [3.8, 4) is 6.07 Å². The number of halogens is 1. The summed E-state index contributed by atoms with van der Waals surface area (Å²) in [7, 11) is 0. The van der Waals surface area contributed by atoms with Crippen molar-refractivity contribution in [1.82, 2.24) is 4.98 Å². The Kier molecular flexibility index (Phi) is 4.72. The first kappa shape index (κ1) is 19.1. The van der Waals surface area contributed by atoms with Gasteiger partial charge < -0.3 is 5.32 Å². The van der Waals surface area contributed by atoms with E-state index in [1.54, 1.807) is 12.1 Å². The fourth-order valence-corrected chi connectivity index (χ4v) is 5.26. The number of carbonyl (C=O) groups excluding carboxylic acids is 1. The zero-order valence-corrected chi connectivity index (χ0v) is 17.3. The average molecular weight is 416 g/mol. The molecule has 3 aromatic rings. The lowest BCUT2D eigenvalue weighted by Gasteiger charge is -2.30. The van der Waals surface area contributed by atoms with E-state index in [2.05, 4.69) is 22.4 Å². The summed E-state index contributed by atoms with van der Waals surface area (Å²) >= 11 is 5.92. The highest BCUT2D eigenvalue weighted by Gasteiger charge is 2.58. The molecule has 1 heterocycles. The summed E-state index contributed by atoms with van der Waals surface area (Å²) < 4.78 is 0. The molecule has 1 aromatic heterocycles. The molecule has 4 nitrogen and oxygen atoms in total. The predicted molar refractivity (Wildman–Crippen MR) is 118 cm³/mol. The number of carbonyl (C=O) groups is 1. The maximum absolute atomic E-state index is 12.7. The Hall–Kier alpha value is -2.90. The summed E-state index contributed by atoms with van der Waals surface area (Å²) in [6.07, 6.45) is 7.12. The van der Waals surface area contributed by atoms with Gasteiger partial charge in [0.1, 0.15) is 0 Å². The van der Waals surface area contributed by atoms with Crippen molar-refractivity contribution in [1.29, 1.82) is 5.26 Å². The van der Waals surface area contributed by atoms with Gasteiger partial charge in [-0.15, -0.1) is 0 Å². The van der Waals surface area contributed by atoms with E-state index in [-0.39, 0.29) is 17.2 Å². The van der Waals surface area contributed by atoms with Crippen LogP contribution in [-0.2, 0) is 4.79 Å². The number of fused-ring (bicyclic) bond motifs is 1. The molecule has 5 heteroatoms. The maximum Gasteiger partial charge on any atom is 0.228 e. The van der Waals surface area contributed by atoms with Crippen LogP contribution in [0.15, 0.2) is 54.7 Å². The largest absolute Gasteiger partial charge is 0.326 e. The maximum atomic E-state index is 12.7. The Morgan fingerprint density at radius 2 is 1.90 bits per heavy atom. The molecule has 0 bridgehead atoms. The molecule has 1 N–H and O–H groups in total. The molecule has 150 valence electrons. The minimum atomic E-state index is 0.105. The number of pyridine rings is 1. The number of benzene rings is 2. The molecule has 30 heavy (non-hydrogen) atoms. The van der Waals surface area contributed by atoms with Gasteiger partial charge in [-0.2, -0.15) is 5.26 Å². The molecule has 2 saturated carbocycles. The monoisotopic (exact) mass is 415 g/mol. The molecular formula is C25H22ClN3O. The fourth-order valence-electron chi connectivity index (χ4n) is 5.13. The summed E-state index contributed by atoms with van der Waals surface area (Å²) in [6.45, 7) is 0. The third kappa shape index (κ3) is 3.44. The van der Waals surface area contributed by atoms with Gasteiger partial charge in [0.05, 0.1) is 17.1 Å². The standard InChI is InChI=1S/C25H22ClN3O/c26-18-2-4-19(5-3-18)29-24(30)22-14-25(22)10-7-17(8-11-25)20-9-12-28-23-6-1-16(15-27)13-21(20)23/h1-6,9,12-13,17,22H,7-8,10-11,14H2,(H,29,30)/t17-,22-,25+/m1/s1. The molecule has 2 aromatic carbocycles. The average Bonchev–Trinajstić information content (AvgIpc) is 3.48. The lowest BCUT2D eigenvalue weighted by Crippen LogP contribution is -2.22. The molecule has 2 fully saturated rings. The molecule has 1 amide bonds. The predicted octanol–water partition coefficient (Wildman–Crippen LogP) is 6.06. The van der Waals surface area contributed by atoms with Crippen LogP contribution in [0.3, 0.4) is 0 Å². The highest BCUT2D eigenvalue weighted by atomic mass is 35.5. The van der Waals surface area contributed by atoms with Gasteiger partial charge >= 0.3 is 0 Å². The van der Waals surface area contributed by atoms with Crippen molar-refractivity contribution in [2.75, 3.05) is 5.32 Å². The van der Waals surface area contributed by atoms with Crippen LogP contribution >= 0.6 is 11.6 Å². The van der Waals surface area contributed by atoms with Crippen LogP contribution in [0, 0.1) is 22.7 Å². The number of hydrogen-bond donors (Lipinski definition) is 1. The molecule has 2 aliphatic carbocycles. The van der Waals surface area contributed by atoms with Crippen molar-refractivity contribution >= 4 is 34.1 Å². The summed E-state index contributed by atoms with van der Waals surface area (Å²) in [4.78, 5) is 17.2. The Labute approximate surface area is 180 Å². The van der Waals surface area contributed by atoms with Gasteiger partial charge in [-0.05, 0) is 97.5 Å². The van der Waals surface area contributed by atoms with E-state index >= 15 is 0 Å². The van der Waals surface area contributed by atoms with Crippen molar-refractivity contribution in [2.45, 2.75) is 38.0 Å². The Morgan fingerprint density at radius 1 is 1.13 bits per heavy atom. The number of aromatic nitrogens is 1. The van der Waals surface area contributed by atoms with Crippen LogP contribution < -0.4 is 5.32 Å². The molecule has 1 spiro atoms. The van der Waals surface area contributed by atoms with Crippen molar-refractivity contribution in [3.05, 3.63) is 70.9 Å². The first-order chi connectivity index (χ1) is 14.6. The number of hydrogen-bond acceptors (Lipinski definition) is 3. The Balaban J connectivity index is 1.27. The second-order valence-corrected chi connectivity index (χ2v) is 9.07. The van der Waals surface area contributed by atoms with E-state index in [0.29, 0.717) is 16.5 Å². The summed E-state index contributed by atoms with van der Waals surface area (Å²) in [5.41, 5.74) is 3.86. The number of amides is 1. The number of rotatable bonds is 3. The van der Waals surface area contributed by atoms with Gasteiger partial charge in [0.2, 0.25) is 5.91 Å². The van der Waals surface area contributed by atoms with E-state index in [1.165, 1.54) is 5.56 Å². The zero-order chi connectivity index (χ0) is 20.7. The summed E-state index contributed by atoms with van der Waals surface area (Å²) in [5, 5.41) is 14.1. The SMILES string of the molecule is N#Cc1ccc2nccc([C@H]3CC[C@@]4(CC3)C[C@@H]4C(=O)Nc3ccc(Cl)cc3)c2c1. The van der Waals surface area contributed by atoms with E-state index < -0.39 is 0 Å². The van der Waals surface area contributed by atoms with Crippen LogP contribution in [0.1, 0.15) is 49.1 Å². The smallest absolute Gasteiger partial charge is 0.228 e. The van der Waals surface area contributed by atoms with Gasteiger partial charge in [0, 0.05) is 28.2 Å². The van der Waals surface area contributed by atoms with Gasteiger partial charge in [0.15, 0.2) is 0 Å². The first-order valence-corrected chi connectivity index (χ1v) is 10.8. The number of nitrogens with one attached hydrogen (secondary N) is 1. The second kappa shape index (κ2) is 7.41. The van der Waals surface area contributed by atoms with E-state index in [1.807, 2.05) is 36.5 Å². The van der Waals surface area contributed by atoms with Crippen molar-refractivity contribution in [2.24, 2.45) is 11.3 Å². The summed E-state index contributed by atoms with van der Waals surface area (Å²) in [6, 6.07) is 17.3. The Morgan fingerprint density at radius 3 is 2.63 bits per heavy atom. The van der Waals surface area contributed by atoms with Crippen LogP contribution in [0.4, 0.5) is 5.69 Å². The zero-order valence-electron chi connectivity index (χ0n) is 16.6. The minimum Gasteiger partial charge on any atom is -0.326 e. The lowest BCUT2D eigenvalue weighted by atomic mass is 9.75. The van der Waals surface area contributed by atoms with Gasteiger partial charge in [-0.3, -0.25) is 9.78 Å². The van der Waals surface area contributed by atoms with Crippen LogP contribution in [0.5, 0.6) is 0 Å². The van der Waals surface area contributed by atoms with E-state index in [9.17, 15) is 10.1 Å². The molecule has 1 atom stereocenters. The summed E-state index contributed by atoms with van der Waals surface area (Å²) in [5.74, 6) is 0.688. The topological polar surface area (TPSA) is 65.8 Å². The molecule has 0 unspecified atom stereocenters. The van der Waals surface area contributed by atoms with E-state index in [4.69, 9.17) is 11.6 Å². The molecular weight excluding hydrogens is 394 g/mol. The molecule has 2 aliphatic rings. The number of anilines is 1. The van der Waals surface area contributed by atoms with Gasteiger partial charge in [-0.1, -0.05) is 11.6 Å². The quantitative estimate of drug-likeness (QED) is 0.565. The van der Waals surface area contributed by atoms with E-state index in [0.717, 1.165) is 48.7 Å². The normalized spacial score (nSPS) is 25.1. The third-order valence-corrected chi connectivity index (χ3v) is 7.20. The fraction of sp³-hybridized carbons (Fsp3) is 0.320. The number of nitrogens with zero attached hydrogens (tertiary/aromatic N) is 2. The van der Waals surface area contributed by atoms with Crippen LogP contribution in [0.2, 0.25) is 5.02 Å². The molecule has 0 aliphatic heterocycles. The number of nitriles is 1. The first-order valence-electron chi connectivity index (χ1n) is 10.4. The lowest BCUT2D eigenvalue weighted by molar-refractivity contribution is -0.118. The molecule has 0 radical (unpaired) electrons. The minimum absolute atomic E-state index is 0.105. The van der Waals surface area contributed by atoms with Crippen molar-refractivity contribution in [3.63, 3.8) is 0 Å². The van der Waals surface area contributed by atoms with Gasteiger partial charge in [-0.25, -0.2) is 0 Å². The third-order valence-electron chi connectivity index (χ3n) is 6.94. The van der Waals surface area contributed by atoms with Gasteiger partial charge in [0.25, 0.3) is 0 Å². The van der Waals surface area contributed by atoms with Crippen molar-refractivity contribution < 1.29 is 4.79 Å². The molecule has 0 saturated heterocycles. The Bertz CT molecular complexity index is 1160.